The van der Waals surface area contributed by atoms with Crippen LogP contribution in [0.1, 0.15) is 12.0 Å². The lowest BCUT2D eigenvalue weighted by molar-refractivity contribution is 0.0122. The zero-order valence-corrected chi connectivity index (χ0v) is 13.7. The highest BCUT2D eigenvalue weighted by molar-refractivity contribution is 7.86. The van der Waals surface area contributed by atoms with Crippen molar-refractivity contribution in [3.05, 3.63) is 35.9 Å². The number of methoxy groups -OCH3 is 1. The van der Waals surface area contributed by atoms with E-state index < -0.39 is 10.2 Å². The zero-order valence-electron chi connectivity index (χ0n) is 12.9. The maximum absolute atomic E-state index is 12.3. The van der Waals surface area contributed by atoms with Gasteiger partial charge in [-0.2, -0.15) is 17.0 Å². The fourth-order valence-corrected chi connectivity index (χ4v) is 4.02. The number of nitrogens with zero attached hydrogens (tertiary/aromatic N) is 2. The molecule has 0 saturated carbocycles. The highest BCUT2D eigenvalue weighted by Gasteiger charge is 2.35. The van der Waals surface area contributed by atoms with Crippen LogP contribution in [0, 0.1) is 5.92 Å². The molecule has 0 spiro atoms. The summed E-state index contributed by atoms with van der Waals surface area (Å²) >= 11 is 0. The first kappa shape index (κ1) is 16.4. The Hall–Kier alpha value is -0.950. The first-order valence-corrected chi connectivity index (χ1v) is 8.59. The van der Waals surface area contributed by atoms with Gasteiger partial charge < -0.3 is 4.74 Å². The van der Waals surface area contributed by atoms with E-state index in [-0.39, 0.29) is 12.0 Å². The van der Waals surface area contributed by atoms with Gasteiger partial charge in [0.15, 0.2) is 0 Å². The van der Waals surface area contributed by atoms with Gasteiger partial charge in [-0.3, -0.25) is 0 Å². The SMILES string of the molecule is CO[C@@H]1CCN(S(=O)(=O)N(C)C)C[C@H]1Cc1ccccc1. The van der Waals surface area contributed by atoms with Crippen LogP contribution in [0.5, 0.6) is 0 Å². The van der Waals surface area contributed by atoms with Gasteiger partial charge >= 0.3 is 0 Å². The van der Waals surface area contributed by atoms with E-state index in [1.54, 1.807) is 25.5 Å². The van der Waals surface area contributed by atoms with Crippen LogP contribution in [0.4, 0.5) is 0 Å². The summed E-state index contributed by atoms with van der Waals surface area (Å²) in [6, 6.07) is 10.2. The number of hydrogen-bond acceptors (Lipinski definition) is 3. The lowest BCUT2D eigenvalue weighted by atomic mass is 9.89. The van der Waals surface area contributed by atoms with Crippen molar-refractivity contribution < 1.29 is 13.2 Å². The summed E-state index contributed by atoms with van der Waals surface area (Å²) in [5, 5.41) is 0. The largest absolute Gasteiger partial charge is 0.381 e. The summed E-state index contributed by atoms with van der Waals surface area (Å²) < 4.78 is 33.0. The first-order chi connectivity index (χ1) is 9.95. The molecule has 1 heterocycles. The normalized spacial score (nSPS) is 24.4. The van der Waals surface area contributed by atoms with Crippen molar-refractivity contribution in [2.75, 3.05) is 34.3 Å². The molecule has 0 unspecified atom stereocenters. The van der Waals surface area contributed by atoms with E-state index in [0.29, 0.717) is 13.1 Å². The van der Waals surface area contributed by atoms with Crippen LogP contribution in [-0.4, -0.2) is 57.4 Å². The van der Waals surface area contributed by atoms with Crippen LogP contribution in [-0.2, 0) is 21.4 Å². The molecule has 6 heteroatoms. The molecule has 5 nitrogen and oxygen atoms in total. The third-order valence-electron chi connectivity index (χ3n) is 4.06. The molecule has 2 atom stereocenters. The molecule has 0 radical (unpaired) electrons. The maximum Gasteiger partial charge on any atom is 0.281 e. The molecule has 1 aromatic carbocycles. The van der Waals surface area contributed by atoms with Crippen molar-refractivity contribution >= 4 is 10.2 Å². The van der Waals surface area contributed by atoms with Gasteiger partial charge in [-0.05, 0) is 18.4 Å². The molecule has 0 N–H and O–H groups in total. The van der Waals surface area contributed by atoms with Crippen molar-refractivity contribution in [1.82, 2.24) is 8.61 Å². The Kier molecular flexibility index (Phi) is 5.37. The van der Waals surface area contributed by atoms with E-state index in [1.807, 2.05) is 18.2 Å². The van der Waals surface area contributed by atoms with Gasteiger partial charge in [-0.1, -0.05) is 30.3 Å². The molecular formula is C15H24N2O3S. The van der Waals surface area contributed by atoms with Crippen molar-refractivity contribution in [1.29, 1.82) is 0 Å². The van der Waals surface area contributed by atoms with E-state index in [1.165, 1.54) is 9.87 Å². The average molecular weight is 312 g/mol. The Morgan fingerprint density at radius 2 is 1.95 bits per heavy atom. The highest BCUT2D eigenvalue weighted by Crippen LogP contribution is 2.25. The van der Waals surface area contributed by atoms with Gasteiger partial charge in [0.1, 0.15) is 0 Å². The second-order valence-corrected chi connectivity index (χ2v) is 7.80. The van der Waals surface area contributed by atoms with Crippen molar-refractivity contribution in [2.24, 2.45) is 5.92 Å². The summed E-state index contributed by atoms with van der Waals surface area (Å²) in [6.07, 6.45) is 1.68. The van der Waals surface area contributed by atoms with Crippen LogP contribution in [0.3, 0.4) is 0 Å². The molecule has 1 saturated heterocycles. The minimum atomic E-state index is -3.35. The second kappa shape index (κ2) is 6.87. The van der Waals surface area contributed by atoms with Gasteiger partial charge in [0, 0.05) is 40.2 Å². The van der Waals surface area contributed by atoms with E-state index in [0.717, 1.165) is 12.8 Å². The van der Waals surface area contributed by atoms with Gasteiger partial charge in [0.25, 0.3) is 10.2 Å². The zero-order chi connectivity index (χ0) is 15.5. The number of benzene rings is 1. The van der Waals surface area contributed by atoms with E-state index >= 15 is 0 Å². The van der Waals surface area contributed by atoms with Crippen LogP contribution in [0.2, 0.25) is 0 Å². The predicted molar refractivity (Wildman–Crippen MR) is 83.2 cm³/mol. The summed E-state index contributed by atoms with van der Waals surface area (Å²) in [5.74, 6) is 0.181. The maximum atomic E-state index is 12.3. The van der Waals surface area contributed by atoms with E-state index in [4.69, 9.17) is 4.74 Å². The number of hydrogen-bond donors (Lipinski definition) is 0. The van der Waals surface area contributed by atoms with Crippen molar-refractivity contribution in [2.45, 2.75) is 18.9 Å². The van der Waals surface area contributed by atoms with Crippen LogP contribution < -0.4 is 0 Å². The molecule has 1 aliphatic heterocycles. The summed E-state index contributed by atoms with van der Waals surface area (Å²) in [5.41, 5.74) is 1.22. The molecule has 0 bridgehead atoms. The monoisotopic (exact) mass is 312 g/mol. The van der Waals surface area contributed by atoms with Crippen molar-refractivity contribution in [3.8, 4) is 0 Å². The molecule has 0 amide bonds. The van der Waals surface area contributed by atoms with E-state index in [9.17, 15) is 8.42 Å². The Morgan fingerprint density at radius 3 is 2.52 bits per heavy atom. The molecule has 0 aromatic heterocycles. The average Bonchev–Trinajstić information content (AvgIpc) is 2.48. The predicted octanol–water partition coefficient (Wildman–Crippen LogP) is 1.37. The lowest BCUT2D eigenvalue weighted by Gasteiger charge is -2.38. The smallest absolute Gasteiger partial charge is 0.281 e. The molecule has 118 valence electrons. The van der Waals surface area contributed by atoms with Crippen LogP contribution >= 0.6 is 0 Å². The number of ether oxygens (including phenoxy) is 1. The minimum Gasteiger partial charge on any atom is -0.381 e. The summed E-state index contributed by atoms with van der Waals surface area (Å²) in [4.78, 5) is 0. The molecule has 21 heavy (non-hydrogen) atoms. The van der Waals surface area contributed by atoms with Gasteiger partial charge in [-0.25, -0.2) is 0 Å². The topological polar surface area (TPSA) is 49.9 Å². The quantitative estimate of drug-likeness (QED) is 0.825. The van der Waals surface area contributed by atoms with E-state index in [2.05, 4.69) is 12.1 Å². The second-order valence-electron chi connectivity index (χ2n) is 5.66. The molecule has 1 fully saturated rings. The summed E-state index contributed by atoms with van der Waals surface area (Å²) in [6.45, 7) is 1.03. The minimum absolute atomic E-state index is 0.110. The Labute approximate surface area is 127 Å². The first-order valence-electron chi connectivity index (χ1n) is 7.19. The molecule has 1 aromatic rings. The molecule has 1 aliphatic rings. The lowest BCUT2D eigenvalue weighted by Crippen LogP contribution is -2.50. The van der Waals surface area contributed by atoms with Crippen LogP contribution in [0.15, 0.2) is 30.3 Å². The van der Waals surface area contributed by atoms with Gasteiger partial charge in [-0.15, -0.1) is 0 Å². The fourth-order valence-electron chi connectivity index (χ4n) is 2.84. The van der Waals surface area contributed by atoms with Gasteiger partial charge in [0.05, 0.1) is 6.10 Å². The molecule has 2 rings (SSSR count). The Bertz CT molecular complexity index is 545. The third-order valence-corrected chi connectivity index (χ3v) is 5.97. The highest BCUT2D eigenvalue weighted by atomic mass is 32.2. The third kappa shape index (κ3) is 3.83. The Balaban J connectivity index is 2.13. The number of rotatable bonds is 5. The molecule has 0 aliphatic carbocycles. The summed E-state index contributed by atoms with van der Waals surface area (Å²) in [7, 11) is 1.51. The molecular weight excluding hydrogens is 288 g/mol. The fraction of sp³-hybridized carbons (Fsp3) is 0.600. The number of piperidine rings is 1. The standard InChI is InChI=1S/C15H24N2O3S/c1-16(2)21(18,19)17-10-9-15(20-3)14(12-17)11-13-7-5-4-6-8-13/h4-8,14-15H,9-12H2,1-3H3/t14-,15-/m1/s1. The van der Waals surface area contributed by atoms with Crippen LogP contribution in [0.25, 0.3) is 0 Å². The van der Waals surface area contributed by atoms with Crippen molar-refractivity contribution in [3.63, 3.8) is 0 Å². The van der Waals surface area contributed by atoms with Gasteiger partial charge in [0.2, 0.25) is 0 Å². The Morgan fingerprint density at radius 1 is 1.29 bits per heavy atom.